The summed E-state index contributed by atoms with van der Waals surface area (Å²) in [5, 5.41) is 14.8. The van der Waals surface area contributed by atoms with E-state index in [0.717, 1.165) is 44.6 Å². The molecule has 1 heterocycles. The van der Waals surface area contributed by atoms with Crippen LogP contribution in [0.5, 0.6) is 0 Å². The number of hydrogen-bond acceptors (Lipinski definition) is 5. The van der Waals surface area contributed by atoms with Crippen LogP contribution < -0.4 is 5.43 Å². The van der Waals surface area contributed by atoms with Gasteiger partial charge in [0.2, 0.25) is 0 Å². The first-order valence-electron chi connectivity index (χ1n) is 11.3. The molecule has 11 heteroatoms. The monoisotopic (exact) mass is 538 g/mol. The fourth-order valence-electron chi connectivity index (χ4n) is 3.81. The van der Waals surface area contributed by atoms with Crippen LogP contribution in [0.2, 0.25) is 0 Å². The van der Waals surface area contributed by atoms with Crippen molar-refractivity contribution in [2.75, 3.05) is 0 Å². The van der Waals surface area contributed by atoms with Crippen molar-refractivity contribution in [3.63, 3.8) is 0 Å². The quantitative estimate of drug-likeness (QED) is 0.157. The number of nitrogens with one attached hydrogen (secondary N) is 1. The zero-order chi connectivity index (χ0) is 27.4. The Morgan fingerprint density at radius 3 is 2.24 bits per heavy atom. The number of benzene rings is 3. The Morgan fingerprint density at radius 1 is 1.00 bits per heavy atom. The molecule has 194 valence electrons. The van der Waals surface area contributed by atoms with Crippen LogP contribution in [0.3, 0.4) is 0 Å². The first kappa shape index (κ1) is 26.7. The highest BCUT2D eigenvalue weighted by atomic mass is 32.2. The summed E-state index contributed by atoms with van der Waals surface area (Å²) in [7, 11) is 0. The molecule has 0 fully saturated rings. The Labute approximate surface area is 220 Å². The standard InChI is InChI=1S/C27H21F3N4O3S/c1-17-14-20(16-31-32-26(35)19-4-3-5-21(15-19)27(28,29)30)18(2)33(17)22-6-10-24(11-7-22)38-25-12-8-23(9-13-25)34(36)37/h3-16H,1-2H3,(H,32,35)/b31-16-. The van der Waals surface area contributed by atoms with Gasteiger partial charge in [0.25, 0.3) is 11.6 Å². The summed E-state index contributed by atoms with van der Waals surface area (Å²) in [6.45, 7) is 3.81. The number of aryl methyl sites for hydroxylation is 1. The molecule has 1 amide bonds. The number of carbonyl (C=O) groups is 1. The topological polar surface area (TPSA) is 89.5 Å². The number of nitro groups is 1. The number of non-ortho nitro benzene ring substituents is 1. The van der Waals surface area contributed by atoms with Gasteiger partial charge in [0, 0.05) is 50.1 Å². The van der Waals surface area contributed by atoms with Gasteiger partial charge < -0.3 is 4.57 Å². The molecular formula is C27H21F3N4O3S. The van der Waals surface area contributed by atoms with E-state index < -0.39 is 22.6 Å². The Balaban J connectivity index is 1.45. The highest BCUT2D eigenvalue weighted by Crippen LogP contribution is 2.31. The number of rotatable bonds is 7. The number of halogens is 3. The van der Waals surface area contributed by atoms with Gasteiger partial charge in [-0.2, -0.15) is 18.3 Å². The van der Waals surface area contributed by atoms with E-state index in [4.69, 9.17) is 0 Å². The van der Waals surface area contributed by atoms with Crippen molar-refractivity contribution in [2.45, 2.75) is 29.8 Å². The number of nitro benzene ring substituents is 1. The highest BCUT2D eigenvalue weighted by Gasteiger charge is 2.30. The lowest BCUT2D eigenvalue weighted by Gasteiger charge is -2.10. The molecule has 0 atom stereocenters. The molecule has 1 N–H and O–H groups in total. The summed E-state index contributed by atoms with van der Waals surface area (Å²) >= 11 is 1.48. The molecule has 0 aliphatic carbocycles. The van der Waals surface area contributed by atoms with Crippen LogP contribution in [0, 0.1) is 24.0 Å². The summed E-state index contributed by atoms with van der Waals surface area (Å²) in [6, 6.07) is 20.2. The van der Waals surface area contributed by atoms with E-state index in [2.05, 4.69) is 10.5 Å². The van der Waals surface area contributed by atoms with Gasteiger partial charge in [-0.25, -0.2) is 5.43 Å². The van der Waals surface area contributed by atoms with Gasteiger partial charge in [0.1, 0.15) is 0 Å². The molecule has 4 rings (SSSR count). The number of nitrogens with zero attached hydrogens (tertiary/aromatic N) is 3. The molecule has 3 aromatic carbocycles. The van der Waals surface area contributed by atoms with Crippen LogP contribution in [0.1, 0.15) is 32.9 Å². The summed E-state index contributed by atoms with van der Waals surface area (Å²) < 4.78 is 40.7. The van der Waals surface area contributed by atoms with E-state index in [0.29, 0.717) is 0 Å². The minimum Gasteiger partial charge on any atom is -0.318 e. The minimum absolute atomic E-state index is 0.0397. The second-order valence-electron chi connectivity index (χ2n) is 8.29. The predicted octanol–water partition coefficient (Wildman–Crippen LogP) is 6.94. The molecule has 38 heavy (non-hydrogen) atoms. The molecule has 0 bridgehead atoms. The summed E-state index contributed by atoms with van der Waals surface area (Å²) in [4.78, 5) is 24.5. The van der Waals surface area contributed by atoms with Crippen LogP contribution in [-0.2, 0) is 6.18 Å². The maximum atomic E-state index is 12.9. The second-order valence-corrected chi connectivity index (χ2v) is 9.43. The first-order valence-corrected chi connectivity index (χ1v) is 12.1. The van der Waals surface area contributed by atoms with Crippen molar-refractivity contribution in [2.24, 2.45) is 5.10 Å². The van der Waals surface area contributed by atoms with E-state index in [9.17, 15) is 28.1 Å². The first-order chi connectivity index (χ1) is 18.0. The van der Waals surface area contributed by atoms with E-state index in [1.807, 2.05) is 48.7 Å². The maximum absolute atomic E-state index is 12.9. The van der Waals surface area contributed by atoms with Crippen molar-refractivity contribution < 1.29 is 22.9 Å². The van der Waals surface area contributed by atoms with Gasteiger partial charge in [-0.3, -0.25) is 14.9 Å². The van der Waals surface area contributed by atoms with Crippen molar-refractivity contribution in [3.8, 4) is 5.69 Å². The van der Waals surface area contributed by atoms with Crippen molar-refractivity contribution in [3.05, 3.63) is 117 Å². The Morgan fingerprint density at radius 2 is 1.63 bits per heavy atom. The molecule has 0 unspecified atom stereocenters. The summed E-state index contributed by atoms with van der Waals surface area (Å²) in [5.74, 6) is -0.748. The molecular weight excluding hydrogens is 517 g/mol. The predicted molar refractivity (Wildman–Crippen MR) is 139 cm³/mol. The Kier molecular flexibility index (Phi) is 7.67. The van der Waals surface area contributed by atoms with Crippen LogP contribution >= 0.6 is 11.8 Å². The van der Waals surface area contributed by atoms with E-state index in [-0.39, 0.29) is 11.3 Å². The highest BCUT2D eigenvalue weighted by molar-refractivity contribution is 7.99. The van der Waals surface area contributed by atoms with Gasteiger partial charge in [0.15, 0.2) is 0 Å². The van der Waals surface area contributed by atoms with Crippen LogP contribution in [0.4, 0.5) is 18.9 Å². The Hall–Kier alpha value is -4.38. The van der Waals surface area contributed by atoms with Crippen molar-refractivity contribution in [1.29, 1.82) is 0 Å². The van der Waals surface area contributed by atoms with Gasteiger partial charge in [-0.1, -0.05) is 17.8 Å². The number of aromatic nitrogens is 1. The molecule has 0 saturated carbocycles. The van der Waals surface area contributed by atoms with Gasteiger partial charge in [0.05, 0.1) is 16.7 Å². The summed E-state index contributed by atoms with van der Waals surface area (Å²) in [5.41, 5.74) is 4.68. The molecule has 7 nitrogen and oxygen atoms in total. The lowest BCUT2D eigenvalue weighted by atomic mass is 10.1. The summed E-state index contributed by atoms with van der Waals surface area (Å²) in [6.07, 6.45) is -3.10. The number of hydrazone groups is 1. The van der Waals surface area contributed by atoms with E-state index >= 15 is 0 Å². The largest absolute Gasteiger partial charge is 0.416 e. The molecule has 0 radical (unpaired) electrons. The minimum atomic E-state index is -4.54. The fraction of sp³-hybridized carbons (Fsp3) is 0.111. The molecule has 4 aromatic rings. The normalized spacial score (nSPS) is 11.6. The molecule has 0 aliphatic rings. The molecule has 0 spiro atoms. The Bertz CT molecular complexity index is 1510. The fourth-order valence-corrected chi connectivity index (χ4v) is 4.63. The third kappa shape index (κ3) is 6.12. The third-order valence-corrected chi connectivity index (χ3v) is 6.69. The van der Waals surface area contributed by atoms with Crippen LogP contribution in [-0.4, -0.2) is 21.6 Å². The average Bonchev–Trinajstić information content (AvgIpc) is 3.17. The lowest BCUT2D eigenvalue weighted by Crippen LogP contribution is -2.18. The molecule has 0 saturated heterocycles. The zero-order valence-electron chi connectivity index (χ0n) is 20.2. The van der Waals surface area contributed by atoms with Gasteiger partial charge in [-0.05, 0) is 74.5 Å². The lowest BCUT2D eigenvalue weighted by molar-refractivity contribution is -0.384. The van der Waals surface area contributed by atoms with Gasteiger partial charge in [-0.15, -0.1) is 0 Å². The zero-order valence-corrected chi connectivity index (χ0v) is 21.0. The van der Waals surface area contributed by atoms with Gasteiger partial charge >= 0.3 is 6.18 Å². The second kappa shape index (κ2) is 10.9. The number of carbonyl (C=O) groups excluding carboxylic acids is 1. The molecule has 0 aliphatic heterocycles. The van der Waals surface area contributed by atoms with Crippen molar-refractivity contribution >= 4 is 29.6 Å². The third-order valence-electron chi connectivity index (χ3n) is 5.67. The number of alkyl halides is 3. The smallest absolute Gasteiger partial charge is 0.318 e. The maximum Gasteiger partial charge on any atom is 0.416 e. The van der Waals surface area contributed by atoms with Crippen LogP contribution in [0.15, 0.2) is 93.8 Å². The van der Waals surface area contributed by atoms with E-state index in [1.54, 1.807) is 12.1 Å². The number of hydrogen-bond donors (Lipinski definition) is 1. The van der Waals surface area contributed by atoms with Crippen LogP contribution in [0.25, 0.3) is 5.69 Å². The van der Waals surface area contributed by atoms with E-state index in [1.165, 1.54) is 42.2 Å². The SMILES string of the molecule is Cc1cc(/C=N\NC(=O)c2cccc(C(F)(F)F)c2)c(C)n1-c1ccc(Sc2ccc([N+](=O)[O-])cc2)cc1. The average molecular weight is 539 g/mol. The number of amides is 1. The molecule has 1 aromatic heterocycles. The van der Waals surface area contributed by atoms with Crippen molar-refractivity contribution in [1.82, 2.24) is 9.99 Å².